The van der Waals surface area contributed by atoms with Gasteiger partial charge in [-0.05, 0) is 68.4 Å². The zero-order valence-corrected chi connectivity index (χ0v) is 18.0. The summed E-state index contributed by atoms with van der Waals surface area (Å²) in [5.74, 6) is -0.879. The highest BCUT2D eigenvalue weighted by atomic mass is 16.5. The summed E-state index contributed by atoms with van der Waals surface area (Å²) in [7, 11) is 0. The molecule has 2 aromatic carbocycles. The summed E-state index contributed by atoms with van der Waals surface area (Å²) >= 11 is 0. The minimum absolute atomic E-state index is 0.0292. The average molecular weight is 417 g/mol. The average Bonchev–Trinajstić information content (AvgIpc) is 2.71. The number of carboxylic acid groups (broad SMARTS) is 1. The van der Waals surface area contributed by atoms with Crippen LogP contribution in [-0.4, -0.2) is 33.0 Å². The van der Waals surface area contributed by atoms with Crippen LogP contribution in [0.15, 0.2) is 18.2 Å². The van der Waals surface area contributed by atoms with Crippen molar-refractivity contribution in [2.45, 2.75) is 65.7 Å². The Hall–Kier alpha value is -2.89. The maximum absolute atomic E-state index is 11.2. The summed E-state index contributed by atoms with van der Waals surface area (Å²) in [5.41, 5.74) is 2.92. The Kier molecular flexibility index (Phi) is 8.39. The van der Waals surface area contributed by atoms with Gasteiger partial charge in [-0.15, -0.1) is 0 Å². The fourth-order valence-electron chi connectivity index (χ4n) is 3.58. The third-order valence-electron chi connectivity index (χ3n) is 5.39. The summed E-state index contributed by atoms with van der Waals surface area (Å²) in [6.45, 7) is 6.06. The van der Waals surface area contributed by atoms with Gasteiger partial charge in [0.1, 0.15) is 17.1 Å². The van der Waals surface area contributed by atoms with Gasteiger partial charge < -0.3 is 25.2 Å². The molecule has 0 aliphatic heterocycles. The third kappa shape index (κ3) is 5.59. The largest absolute Gasteiger partial charge is 0.507 e. The quantitative estimate of drug-likeness (QED) is 0.294. The molecule has 0 aromatic heterocycles. The van der Waals surface area contributed by atoms with Gasteiger partial charge in [0.05, 0.1) is 6.61 Å². The van der Waals surface area contributed by atoms with Crippen molar-refractivity contribution in [3.63, 3.8) is 0 Å². The summed E-state index contributed by atoms with van der Waals surface area (Å²) < 4.78 is 5.82. The summed E-state index contributed by atoms with van der Waals surface area (Å²) in [5, 5.41) is 39.1. The molecule has 2 aromatic rings. The molecule has 0 radical (unpaired) electrons. The molecule has 0 aliphatic rings. The number of hydrogen-bond donors (Lipinski definition) is 4. The van der Waals surface area contributed by atoms with Gasteiger partial charge in [-0.25, -0.2) is 4.79 Å². The Morgan fingerprint density at radius 1 is 0.933 bits per heavy atom. The van der Waals surface area contributed by atoms with Crippen LogP contribution in [0.1, 0.15) is 71.6 Å². The van der Waals surface area contributed by atoms with E-state index in [9.17, 15) is 20.1 Å². The third-order valence-corrected chi connectivity index (χ3v) is 5.39. The van der Waals surface area contributed by atoms with Gasteiger partial charge in [-0.2, -0.15) is 0 Å². The molecule has 4 N–H and O–H groups in total. The van der Waals surface area contributed by atoms with E-state index in [0.29, 0.717) is 29.9 Å². The summed E-state index contributed by atoms with van der Waals surface area (Å²) in [4.78, 5) is 11.2. The molecular weight excluding hydrogens is 384 g/mol. The number of phenolic OH excluding ortho intramolecular Hbond substituents is 2. The van der Waals surface area contributed by atoms with E-state index < -0.39 is 5.97 Å². The van der Waals surface area contributed by atoms with Gasteiger partial charge in [0, 0.05) is 5.56 Å². The number of aromatic hydroxyl groups is 3. The molecule has 164 valence electrons. The van der Waals surface area contributed by atoms with Crippen molar-refractivity contribution in [1.29, 1.82) is 0 Å². The highest BCUT2D eigenvalue weighted by molar-refractivity contribution is 5.91. The van der Waals surface area contributed by atoms with Crippen LogP contribution >= 0.6 is 0 Å². The van der Waals surface area contributed by atoms with Crippen molar-refractivity contribution in [2.24, 2.45) is 0 Å². The number of aromatic carboxylic acids is 1. The standard InChI is InChI=1S/C24H32O6/c1-4-9-18-20(12-11-19(23(18)27)24(28)29)30-13-8-6-5-7-10-17-14-15(2)21(25)22(26)16(17)3/h11-12,14,25-27H,4-10,13H2,1-3H3,(H,28,29). The molecule has 2 rings (SSSR count). The number of benzene rings is 2. The van der Waals surface area contributed by atoms with Crippen LogP contribution in [0.3, 0.4) is 0 Å². The van der Waals surface area contributed by atoms with E-state index in [1.165, 1.54) is 6.07 Å². The van der Waals surface area contributed by atoms with Crippen LogP contribution in [0.25, 0.3) is 0 Å². The van der Waals surface area contributed by atoms with Gasteiger partial charge in [0.25, 0.3) is 0 Å². The SMILES string of the molecule is CCCc1c(OCCCCCCc2cc(C)c(O)c(O)c2C)ccc(C(=O)O)c1O. The number of aryl methyl sites for hydroxylation is 2. The topological polar surface area (TPSA) is 107 Å². The van der Waals surface area contributed by atoms with Crippen LogP contribution in [-0.2, 0) is 12.8 Å². The number of unbranched alkanes of at least 4 members (excludes halogenated alkanes) is 3. The van der Waals surface area contributed by atoms with Crippen LogP contribution < -0.4 is 4.74 Å². The number of hydrogen-bond acceptors (Lipinski definition) is 5. The van der Waals surface area contributed by atoms with Crippen LogP contribution in [0, 0.1) is 13.8 Å². The zero-order chi connectivity index (χ0) is 22.3. The molecule has 6 nitrogen and oxygen atoms in total. The van der Waals surface area contributed by atoms with Crippen molar-refractivity contribution < 1.29 is 30.0 Å². The van der Waals surface area contributed by atoms with Crippen molar-refractivity contribution >= 4 is 5.97 Å². The van der Waals surface area contributed by atoms with E-state index >= 15 is 0 Å². The first-order chi connectivity index (χ1) is 14.3. The Morgan fingerprint density at radius 2 is 1.63 bits per heavy atom. The monoisotopic (exact) mass is 416 g/mol. The van der Waals surface area contributed by atoms with Crippen molar-refractivity contribution in [3.8, 4) is 23.0 Å². The van der Waals surface area contributed by atoms with Crippen molar-refractivity contribution in [1.82, 2.24) is 0 Å². The van der Waals surface area contributed by atoms with Gasteiger partial charge in [0.2, 0.25) is 0 Å². The van der Waals surface area contributed by atoms with E-state index in [1.807, 2.05) is 19.9 Å². The Bertz CT molecular complexity index is 888. The molecule has 0 unspecified atom stereocenters. The number of carboxylic acids is 1. The summed E-state index contributed by atoms with van der Waals surface area (Å²) in [6.07, 6.45) is 5.98. The first-order valence-corrected chi connectivity index (χ1v) is 10.5. The maximum Gasteiger partial charge on any atom is 0.339 e. The number of carbonyl (C=O) groups is 1. The lowest BCUT2D eigenvalue weighted by atomic mass is 9.98. The maximum atomic E-state index is 11.2. The second-order valence-electron chi connectivity index (χ2n) is 7.68. The number of rotatable bonds is 11. The zero-order valence-electron chi connectivity index (χ0n) is 18.0. The van der Waals surface area contributed by atoms with Crippen LogP contribution in [0.5, 0.6) is 23.0 Å². The van der Waals surface area contributed by atoms with E-state index in [0.717, 1.165) is 49.7 Å². The molecule has 0 saturated carbocycles. The highest BCUT2D eigenvalue weighted by Gasteiger charge is 2.17. The fourth-order valence-corrected chi connectivity index (χ4v) is 3.58. The van der Waals surface area contributed by atoms with Gasteiger partial charge in [-0.1, -0.05) is 32.3 Å². The highest BCUT2D eigenvalue weighted by Crippen LogP contribution is 2.35. The number of phenols is 3. The molecule has 0 bridgehead atoms. The number of ether oxygens (including phenoxy) is 1. The lowest BCUT2D eigenvalue weighted by molar-refractivity contribution is 0.0693. The van der Waals surface area contributed by atoms with E-state index in [1.54, 1.807) is 13.0 Å². The van der Waals surface area contributed by atoms with E-state index in [2.05, 4.69) is 0 Å². The molecule has 0 fully saturated rings. The molecule has 30 heavy (non-hydrogen) atoms. The second-order valence-corrected chi connectivity index (χ2v) is 7.68. The molecule has 0 heterocycles. The molecule has 0 amide bonds. The van der Waals surface area contributed by atoms with Crippen molar-refractivity contribution in [2.75, 3.05) is 6.61 Å². The van der Waals surface area contributed by atoms with Crippen molar-refractivity contribution in [3.05, 3.63) is 46.0 Å². The van der Waals surface area contributed by atoms with Gasteiger partial charge in [-0.3, -0.25) is 0 Å². The Morgan fingerprint density at radius 3 is 2.30 bits per heavy atom. The molecule has 0 saturated heterocycles. The molecule has 0 atom stereocenters. The predicted octanol–water partition coefficient (Wildman–Crippen LogP) is 5.25. The molecule has 0 spiro atoms. The summed E-state index contributed by atoms with van der Waals surface area (Å²) in [6, 6.07) is 4.93. The van der Waals surface area contributed by atoms with Crippen LogP contribution in [0.2, 0.25) is 0 Å². The lowest BCUT2D eigenvalue weighted by Gasteiger charge is -2.14. The Balaban J connectivity index is 1.81. The minimum Gasteiger partial charge on any atom is -0.507 e. The second kappa shape index (κ2) is 10.8. The first kappa shape index (κ1) is 23.4. The fraction of sp³-hybridized carbons (Fsp3) is 0.458. The van der Waals surface area contributed by atoms with Gasteiger partial charge in [0.15, 0.2) is 11.5 Å². The molecule has 0 aliphatic carbocycles. The smallest absolute Gasteiger partial charge is 0.339 e. The van der Waals surface area contributed by atoms with E-state index in [4.69, 9.17) is 9.84 Å². The minimum atomic E-state index is -1.15. The molecular formula is C24H32O6. The van der Waals surface area contributed by atoms with E-state index in [-0.39, 0.29) is 22.8 Å². The first-order valence-electron chi connectivity index (χ1n) is 10.5. The lowest BCUT2D eigenvalue weighted by Crippen LogP contribution is -2.04. The molecule has 6 heteroatoms. The predicted molar refractivity (Wildman–Crippen MR) is 116 cm³/mol. The van der Waals surface area contributed by atoms with Gasteiger partial charge >= 0.3 is 5.97 Å². The normalized spacial score (nSPS) is 10.9. The Labute approximate surface area is 177 Å². The van der Waals surface area contributed by atoms with Crippen LogP contribution in [0.4, 0.5) is 0 Å².